The van der Waals surface area contributed by atoms with Crippen LogP contribution in [0.15, 0.2) is 29.2 Å². The summed E-state index contributed by atoms with van der Waals surface area (Å²) in [5.41, 5.74) is 0. The molecule has 0 radical (unpaired) electrons. The first-order valence-corrected chi connectivity index (χ1v) is 6.20. The van der Waals surface area contributed by atoms with Gasteiger partial charge in [-0.2, -0.15) is 0 Å². The van der Waals surface area contributed by atoms with E-state index < -0.39 is 15.9 Å². The normalized spacial score (nSPS) is 10.9. The van der Waals surface area contributed by atoms with Crippen LogP contribution in [0.4, 0.5) is 0 Å². The molecule has 1 amide bonds. The van der Waals surface area contributed by atoms with E-state index in [1.54, 1.807) is 19.1 Å². The molecule has 0 aromatic heterocycles. The number of benzene rings is 1. The van der Waals surface area contributed by atoms with Crippen molar-refractivity contribution in [2.24, 2.45) is 0 Å². The zero-order chi connectivity index (χ0) is 12.2. The fourth-order valence-electron chi connectivity index (χ4n) is 1.15. The molecule has 0 aliphatic heterocycles. The maximum atomic E-state index is 11.6. The average Bonchev–Trinajstić information content (AvgIpc) is 2.16. The number of carbonyl (C=O) groups excluding carboxylic acids is 1. The van der Waals surface area contributed by atoms with Crippen LogP contribution in [0, 0.1) is 0 Å². The van der Waals surface area contributed by atoms with Crippen LogP contribution in [0.25, 0.3) is 0 Å². The summed E-state index contributed by atoms with van der Waals surface area (Å²) in [7, 11) is -3.78. The van der Waals surface area contributed by atoms with Crippen molar-refractivity contribution in [1.29, 1.82) is 0 Å². The molecule has 1 aromatic carbocycles. The van der Waals surface area contributed by atoms with Crippen molar-refractivity contribution < 1.29 is 17.9 Å². The number of amides is 1. The Labute approximate surface area is 94.5 Å². The molecule has 6 heteroatoms. The standard InChI is InChI=1S/C10H13NO4S/c1-3-15-9-5-4-6-10(7-9)16(13,14)11-8(2)12/h4-7H,3H2,1-2H3,(H,11,12). The van der Waals surface area contributed by atoms with Gasteiger partial charge in [0.25, 0.3) is 10.0 Å². The molecule has 0 heterocycles. The molecule has 0 saturated carbocycles. The number of hydrogen-bond acceptors (Lipinski definition) is 4. The highest BCUT2D eigenvalue weighted by molar-refractivity contribution is 7.90. The summed E-state index contributed by atoms with van der Waals surface area (Å²) in [5, 5.41) is 0. The zero-order valence-corrected chi connectivity index (χ0v) is 9.87. The van der Waals surface area contributed by atoms with E-state index in [-0.39, 0.29) is 4.90 Å². The summed E-state index contributed by atoms with van der Waals surface area (Å²) in [6.45, 7) is 3.39. The summed E-state index contributed by atoms with van der Waals surface area (Å²) in [4.78, 5) is 10.7. The second-order valence-electron chi connectivity index (χ2n) is 3.07. The Balaban J connectivity index is 3.03. The molecule has 5 nitrogen and oxygen atoms in total. The maximum Gasteiger partial charge on any atom is 0.264 e. The van der Waals surface area contributed by atoms with Gasteiger partial charge in [0.2, 0.25) is 5.91 Å². The number of sulfonamides is 1. The van der Waals surface area contributed by atoms with Gasteiger partial charge in [0.15, 0.2) is 0 Å². The van der Waals surface area contributed by atoms with Crippen LogP contribution in [-0.4, -0.2) is 20.9 Å². The van der Waals surface area contributed by atoms with Crippen LogP contribution < -0.4 is 9.46 Å². The molecule has 0 unspecified atom stereocenters. The summed E-state index contributed by atoms with van der Waals surface area (Å²) >= 11 is 0. The van der Waals surface area contributed by atoms with E-state index in [9.17, 15) is 13.2 Å². The third-order valence-electron chi connectivity index (χ3n) is 1.70. The van der Waals surface area contributed by atoms with E-state index in [1.807, 2.05) is 4.72 Å². The first-order valence-electron chi connectivity index (χ1n) is 4.72. The highest BCUT2D eigenvalue weighted by Gasteiger charge is 2.15. The lowest BCUT2D eigenvalue weighted by molar-refractivity contribution is -0.117. The van der Waals surface area contributed by atoms with Crippen molar-refractivity contribution in [2.75, 3.05) is 6.61 Å². The van der Waals surface area contributed by atoms with E-state index in [2.05, 4.69) is 0 Å². The van der Waals surface area contributed by atoms with Crippen LogP contribution in [0.3, 0.4) is 0 Å². The molecule has 0 spiro atoms. The van der Waals surface area contributed by atoms with Crippen molar-refractivity contribution >= 4 is 15.9 Å². The van der Waals surface area contributed by atoms with Gasteiger partial charge in [-0.05, 0) is 19.1 Å². The summed E-state index contributed by atoms with van der Waals surface area (Å²) in [5.74, 6) is -0.171. The van der Waals surface area contributed by atoms with Gasteiger partial charge in [-0.15, -0.1) is 0 Å². The van der Waals surface area contributed by atoms with Crippen LogP contribution in [0.1, 0.15) is 13.8 Å². The number of hydrogen-bond donors (Lipinski definition) is 1. The average molecular weight is 243 g/mol. The van der Waals surface area contributed by atoms with Crippen molar-refractivity contribution in [3.63, 3.8) is 0 Å². The first kappa shape index (κ1) is 12.5. The highest BCUT2D eigenvalue weighted by atomic mass is 32.2. The van der Waals surface area contributed by atoms with E-state index in [4.69, 9.17) is 4.74 Å². The summed E-state index contributed by atoms with van der Waals surface area (Å²) in [6.07, 6.45) is 0. The number of nitrogens with one attached hydrogen (secondary N) is 1. The Bertz CT molecular complexity index is 481. The number of ether oxygens (including phenoxy) is 1. The molecule has 0 aliphatic rings. The molecule has 1 rings (SSSR count). The third kappa shape index (κ3) is 3.23. The quantitative estimate of drug-likeness (QED) is 0.853. The van der Waals surface area contributed by atoms with E-state index in [0.717, 1.165) is 6.92 Å². The molecule has 1 aromatic rings. The molecule has 0 saturated heterocycles. The Hall–Kier alpha value is -1.56. The van der Waals surface area contributed by atoms with Gasteiger partial charge >= 0.3 is 0 Å². The van der Waals surface area contributed by atoms with Crippen molar-refractivity contribution in [2.45, 2.75) is 18.7 Å². The lowest BCUT2D eigenvalue weighted by Crippen LogP contribution is -2.28. The lowest BCUT2D eigenvalue weighted by Gasteiger charge is -2.07. The van der Waals surface area contributed by atoms with Crippen molar-refractivity contribution in [3.05, 3.63) is 24.3 Å². The minimum atomic E-state index is -3.78. The molecule has 0 aliphatic carbocycles. The van der Waals surface area contributed by atoms with Crippen molar-refractivity contribution in [1.82, 2.24) is 4.72 Å². The molecular weight excluding hydrogens is 230 g/mol. The lowest BCUT2D eigenvalue weighted by atomic mass is 10.3. The Morgan fingerprint density at radius 3 is 2.69 bits per heavy atom. The Morgan fingerprint density at radius 2 is 2.12 bits per heavy atom. The van der Waals surface area contributed by atoms with Crippen LogP contribution in [-0.2, 0) is 14.8 Å². The Morgan fingerprint density at radius 1 is 1.44 bits per heavy atom. The van der Waals surface area contributed by atoms with Gasteiger partial charge in [0.1, 0.15) is 5.75 Å². The second-order valence-corrected chi connectivity index (χ2v) is 4.75. The summed E-state index contributed by atoms with van der Waals surface area (Å²) < 4.78 is 30.3. The number of rotatable bonds is 4. The van der Waals surface area contributed by atoms with E-state index in [1.165, 1.54) is 12.1 Å². The third-order valence-corrected chi connectivity index (χ3v) is 3.14. The molecule has 16 heavy (non-hydrogen) atoms. The van der Waals surface area contributed by atoms with Gasteiger partial charge in [-0.25, -0.2) is 13.1 Å². The predicted molar refractivity (Wildman–Crippen MR) is 58.6 cm³/mol. The molecule has 88 valence electrons. The number of carbonyl (C=O) groups is 1. The smallest absolute Gasteiger partial charge is 0.264 e. The van der Waals surface area contributed by atoms with Gasteiger partial charge in [-0.3, -0.25) is 4.79 Å². The first-order chi connectivity index (χ1) is 7.45. The predicted octanol–water partition coefficient (Wildman–Crippen LogP) is 0.910. The van der Waals surface area contributed by atoms with Crippen LogP contribution in [0.2, 0.25) is 0 Å². The molecular formula is C10H13NO4S. The summed E-state index contributed by atoms with van der Waals surface area (Å²) in [6, 6.07) is 5.97. The van der Waals surface area contributed by atoms with Gasteiger partial charge in [0, 0.05) is 13.0 Å². The van der Waals surface area contributed by atoms with Crippen LogP contribution in [0.5, 0.6) is 5.75 Å². The molecule has 0 fully saturated rings. The zero-order valence-electron chi connectivity index (χ0n) is 9.06. The Kier molecular flexibility index (Phi) is 3.89. The van der Waals surface area contributed by atoms with E-state index >= 15 is 0 Å². The largest absolute Gasteiger partial charge is 0.494 e. The van der Waals surface area contributed by atoms with Gasteiger partial charge < -0.3 is 4.74 Å². The van der Waals surface area contributed by atoms with Crippen molar-refractivity contribution in [3.8, 4) is 5.75 Å². The van der Waals surface area contributed by atoms with Gasteiger partial charge in [-0.1, -0.05) is 6.07 Å². The fourth-order valence-corrected chi connectivity index (χ4v) is 2.17. The topological polar surface area (TPSA) is 72.5 Å². The SMILES string of the molecule is CCOc1cccc(S(=O)(=O)NC(C)=O)c1. The minimum Gasteiger partial charge on any atom is -0.494 e. The van der Waals surface area contributed by atoms with Gasteiger partial charge in [0.05, 0.1) is 11.5 Å². The minimum absolute atomic E-state index is 0.00801. The monoisotopic (exact) mass is 243 g/mol. The molecule has 1 N–H and O–H groups in total. The fraction of sp³-hybridized carbons (Fsp3) is 0.300. The maximum absolute atomic E-state index is 11.6. The molecule has 0 bridgehead atoms. The van der Waals surface area contributed by atoms with E-state index in [0.29, 0.717) is 12.4 Å². The second kappa shape index (κ2) is 4.98. The van der Waals surface area contributed by atoms with Crippen LogP contribution >= 0.6 is 0 Å². The molecule has 0 atom stereocenters. The highest BCUT2D eigenvalue weighted by Crippen LogP contribution is 2.17.